The molecule has 20 heavy (non-hydrogen) atoms. The molecule has 0 saturated heterocycles. The SMILES string of the molecule is CCc1ccc(-c2cn3cc(C)ccc3n2)c(C)c1C. The average molecular weight is 264 g/mol. The Morgan fingerprint density at radius 2 is 1.75 bits per heavy atom. The number of nitrogens with zero attached hydrogens (tertiary/aromatic N) is 2. The van der Waals surface area contributed by atoms with Gasteiger partial charge in [0.05, 0.1) is 5.69 Å². The molecule has 3 aromatic rings. The maximum absolute atomic E-state index is 4.74. The third kappa shape index (κ3) is 2.01. The maximum atomic E-state index is 4.74. The Morgan fingerprint density at radius 1 is 0.950 bits per heavy atom. The van der Waals surface area contributed by atoms with Crippen LogP contribution in [0.25, 0.3) is 16.9 Å². The molecule has 102 valence electrons. The van der Waals surface area contributed by atoms with E-state index in [0.29, 0.717) is 0 Å². The van der Waals surface area contributed by atoms with Crippen LogP contribution in [-0.2, 0) is 6.42 Å². The van der Waals surface area contributed by atoms with Gasteiger partial charge in [0.2, 0.25) is 0 Å². The summed E-state index contributed by atoms with van der Waals surface area (Å²) in [6, 6.07) is 8.61. The number of imidazole rings is 1. The van der Waals surface area contributed by atoms with Crippen LogP contribution in [0, 0.1) is 20.8 Å². The first-order valence-electron chi connectivity index (χ1n) is 7.15. The Morgan fingerprint density at radius 3 is 2.50 bits per heavy atom. The Kier molecular flexibility index (Phi) is 3.09. The fourth-order valence-electron chi connectivity index (χ4n) is 2.77. The number of rotatable bonds is 2. The van der Waals surface area contributed by atoms with Crippen LogP contribution >= 0.6 is 0 Å². The molecule has 0 amide bonds. The minimum atomic E-state index is 1.00. The lowest BCUT2D eigenvalue weighted by molar-refractivity contribution is 1.09. The highest BCUT2D eigenvalue weighted by atomic mass is 15.0. The molecule has 0 spiro atoms. The molecule has 2 nitrogen and oxygen atoms in total. The number of aryl methyl sites for hydroxylation is 2. The standard InChI is InChI=1S/C18H20N2/c1-5-15-7-8-16(14(4)13(15)3)17-11-20-10-12(2)6-9-18(20)19-17/h6-11H,5H2,1-4H3. The largest absolute Gasteiger partial charge is 0.306 e. The average Bonchev–Trinajstić information content (AvgIpc) is 2.84. The second kappa shape index (κ2) is 4.78. The molecule has 0 aliphatic heterocycles. The van der Waals surface area contributed by atoms with Crippen LogP contribution in [-0.4, -0.2) is 9.38 Å². The van der Waals surface area contributed by atoms with Gasteiger partial charge in [-0.05, 0) is 55.5 Å². The van der Waals surface area contributed by atoms with E-state index < -0.39 is 0 Å². The van der Waals surface area contributed by atoms with E-state index in [9.17, 15) is 0 Å². The van der Waals surface area contributed by atoms with Crippen LogP contribution in [0.3, 0.4) is 0 Å². The zero-order valence-electron chi connectivity index (χ0n) is 12.6. The quantitative estimate of drug-likeness (QED) is 0.666. The third-order valence-electron chi connectivity index (χ3n) is 4.16. The van der Waals surface area contributed by atoms with Gasteiger partial charge >= 0.3 is 0 Å². The van der Waals surface area contributed by atoms with Gasteiger partial charge in [-0.25, -0.2) is 4.98 Å². The smallest absolute Gasteiger partial charge is 0.137 e. The summed E-state index contributed by atoms with van der Waals surface area (Å²) in [7, 11) is 0. The summed E-state index contributed by atoms with van der Waals surface area (Å²) in [6.07, 6.45) is 5.32. The van der Waals surface area contributed by atoms with E-state index in [-0.39, 0.29) is 0 Å². The van der Waals surface area contributed by atoms with E-state index >= 15 is 0 Å². The molecule has 3 rings (SSSR count). The molecule has 0 aliphatic rings. The van der Waals surface area contributed by atoms with Crippen molar-refractivity contribution in [3.8, 4) is 11.3 Å². The number of benzene rings is 1. The van der Waals surface area contributed by atoms with Crippen molar-refractivity contribution in [2.45, 2.75) is 34.1 Å². The van der Waals surface area contributed by atoms with Crippen LogP contribution < -0.4 is 0 Å². The molecule has 2 heteroatoms. The minimum Gasteiger partial charge on any atom is -0.306 e. The number of fused-ring (bicyclic) bond motifs is 1. The zero-order chi connectivity index (χ0) is 14.3. The molecule has 2 aromatic heterocycles. The van der Waals surface area contributed by atoms with Gasteiger partial charge in [-0.2, -0.15) is 0 Å². The lowest BCUT2D eigenvalue weighted by Gasteiger charge is -2.10. The molecule has 2 heterocycles. The van der Waals surface area contributed by atoms with E-state index in [1.54, 1.807) is 0 Å². The van der Waals surface area contributed by atoms with E-state index in [1.165, 1.54) is 27.8 Å². The fraction of sp³-hybridized carbons (Fsp3) is 0.278. The monoisotopic (exact) mass is 264 g/mol. The van der Waals surface area contributed by atoms with Crippen molar-refractivity contribution in [3.05, 3.63) is 58.9 Å². The predicted octanol–water partition coefficient (Wildman–Crippen LogP) is 4.49. The summed E-state index contributed by atoms with van der Waals surface area (Å²) in [5, 5.41) is 0. The Bertz CT molecular complexity index is 781. The number of aromatic nitrogens is 2. The molecule has 0 saturated carbocycles. The molecule has 0 aliphatic carbocycles. The molecule has 0 N–H and O–H groups in total. The van der Waals surface area contributed by atoms with E-state index in [1.807, 2.05) is 0 Å². The van der Waals surface area contributed by atoms with Crippen molar-refractivity contribution < 1.29 is 0 Å². The van der Waals surface area contributed by atoms with Crippen molar-refractivity contribution in [1.82, 2.24) is 9.38 Å². The lowest BCUT2D eigenvalue weighted by Crippen LogP contribution is -1.93. The van der Waals surface area contributed by atoms with Gasteiger partial charge in [0.15, 0.2) is 0 Å². The molecule has 0 atom stereocenters. The van der Waals surface area contributed by atoms with E-state index in [2.05, 4.69) is 68.8 Å². The highest BCUT2D eigenvalue weighted by Gasteiger charge is 2.10. The minimum absolute atomic E-state index is 1.00. The highest BCUT2D eigenvalue weighted by molar-refractivity contribution is 5.68. The van der Waals surface area contributed by atoms with Crippen LogP contribution in [0.1, 0.15) is 29.2 Å². The van der Waals surface area contributed by atoms with Crippen molar-refractivity contribution in [1.29, 1.82) is 0 Å². The molecular formula is C18H20N2. The summed E-state index contributed by atoms with van der Waals surface area (Å²) < 4.78 is 2.10. The molecular weight excluding hydrogens is 244 g/mol. The summed E-state index contributed by atoms with van der Waals surface area (Å²) in [5.41, 5.74) is 8.69. The van der Waals surface area contributed by atoms with Gasteiger partial charge in [0.1, 0.15) is 5.65 Å². The second-order valence-corrected chi connectivity index (χ2v) is 5.47. The van der Waals surface area contributed by atoms with Crippen LogP contribution in [0.2, 0.25) is 0 Å². The van der Waals surface area contributed by atoms with Crippen molar-refractivity contribution in [2.24, 2.45) is 0 Å². The van der Waals surface area contributed by atoms with Crippen LogP contribution in [0.5, 0.6) is 0 Å². The molecule has 0 unspecified atom stereocenters. The van der Waals surface area contributed by atoms with Gasteiger partial charge in [0.25, 0.3) is 0 Å². The normalized spacial score (nSPS) is 11.2. The van der Waals surface area contributed by atoms with Crippen molar-refractivity contribution >= 4 is 5.65 Å². The van der Waals surface area contributed by atoms with E-state index in [4.69, 9.17) is 4.98 Å². The summed E-state index contributed by atoms with van der Waals surface area (Å²) in [5.74, 6) is 0. The second-order valence-electron chi connectivity index (χ2n) is 5.47. The number of hydrogen-bond acceptors (Lipinski definition) is 1. The first-order chi connectivity index (χ1) is 9.60. The summed E-state index contributed by atoms with van der Waals surface area (Å²) >= 11 is 0. The Balaban J connectivity index is 2.18. The first kappa shape index (κ1) is 12.9. The Labute approximate surface area is 120 Å². The van der Waals surface area contributed by atoms with Gasteiger partial charge < -0.3 is 4.40 Å². The fourth-order valence-corrected chi connectivity index (χ4v) is 2.77. The topological polar surface area (TPSA) is 17.3 Å². The Hall–Kier alpha value is -2.09. The summed E-state index contributed by atoms with van der Waals surface area (Å²) in [6.45, 7) is 8.70. The van der Waals surface area contributed by atoms with Gasteiger partial charge in [0, 0.05) is 18.0 Å². The van der Waals surface area contributed by atoms with Crippen LogP contribution in [0.15, 0.2) is 36.7 Å². The van der Waals surface area contributed by atoms with Crippen molar-refractivity contribution in [2.75, 3.05) is 0 Å². The molecule has 0 fully saturated rings. The van der Waals surface area contributed by atoms with E-state index in [0.717, 1.165) is 17.8 Å². The lowest BCUT2D eigenvalue weighted by atomic mass is 9.95. The number of hydrogen-bond donors (Lipinski definition) is 0. The van der Waals surface area contributed by atoms with Gasteiger partial charge in [-0.15, -0.1) is 0 Å². The maximum Gasteiger partial charge on any atom is 0.137 e. The van der Waals surface area contributed by atoms with Crippen LogP contribution in [0.4, 0.5) is 0 Å². The number of pyridine rings is 1. The van der Waals surface area contributed by atoms with Gasteiger partial charge in [-0.3, -0.25) is 0 Å². The van der Waals surface area contributed by atoms with Gasteiger partial charge in [-0.1, -0.05) is 25.1 Å². The molecule has 0 radical (unpaired) electrons. The zero-order valence-corrected chi connectivity index (χ0v) is 12.6. The molecule has 0 bridgehead atoms. The predicted molar refractivity (Wildman–Crippen MR) is 84.2 cm³/mol. The first-order valence-corrected chi connectivity index (χ1v) is 7.15. The highest BCUT2D eigenvalue weighted by Crippen LogP contribution is 2.27. The molecule has 1 aromatic carbocycles. The third-order valence-corrected chi connectivity index (χ3v) is 4.16. The summed E-state index contributed by atoms with van der Waals surface area (Å²) in [4.78, 5) is 4.74. The van der Waals surface area contributed by atoms with Crippen molar-refractivity contribution in [3.63, 3.8) is 0 Å².